The highest BCUT2D eigenvalue weighted by Crippen LogP contribution is 2.23. The zero-order valence-corrected chi connectivity index (χ0v) is 16.1. The van der Waals surface area contributed by atoms with Crippen molar-refractivity contribution in [1.82, 2.24) is 5.32 Å². The normalized spacial score (nSPS) is 10.9. The quantitative estimate of drug-likeness (QED) is 0.446. The third-order valence-electron chi connectivity index (χ3n) is 3.89. The van der Waals surface area contributed by atoms with Crippen LogP contribution >= 0.6 is 12.2 Å². The molecule has 1 amide bonds. The Balaban J connectivity index is 1.73. The monoisotopic (exact) mass is 412 g/mol. The number of thiocarbonyl (C=S) groups is 1. The first kappa shape index (κ1) is 19.7. The lowest BCUT2D eigenvalue weighted by atomic mass is 9.99. The molecule has 0 heterocycles. The molecule has 0 spiro atoms. The summed E-state index contributed by atoms with van der Waals surface area (Å²) in [6.45, 7) is 0. The summed E-state index contributed by atoms with van der Waals surface area (Å²) in [5, 5.41) is 5.48. The van der Waals surface area contributed by atoms with Crippen molar-refractivity contribution in [2.24, 2.45) is 0 Å². The van der Waals surface area contributed by atoms with Gasteiger partial charge in [0.1, 0.15) is 0 Å². The van der Waals surface area contributed by atoms with E-state index >= 15 is 0 Å². The molecule has 3 aromatic rings. The van der Waals surface area contributed by atoms with Crippen LogP contribution < -0.4 is 10.6 Å². The van der Waals surface area contributed by atoms with E-state index in [1.54, 1.807) is 12.1 Å². The molecule has 0 fully saturated rings. The Morgan fingerprint density at radius 1 is 0.857 bits per heavy atom. The fourth-order valence-corrected chi connectivity index (χ4v) is 3.28. The summed E-state index contributed by atoms with van der Waals surface area (Å²) in [5.41, 5.74) is 2.63. The largest absolute Gasteiger partial charge is 0.332 e. The predicted molar refractivity (Wildman–Crippen MR) is 112 cm³/mol. The molecule has 0 atom stereocenters. The lowest BCUT2D eigenvalue weighted by Gasteiger charge is -2.12. The third kappa shape index (κ3) is 4.80. The first-order valence-corrected chi connectivity index (χ1v) is 10.0. The van der Waals surface area contributed by atoms with Crippen LogP contribution in [0.15, 0.2) is 83.8 Å². The van der Waals surface area contributed by atoms with Crippen LogP contribution in [-0.4, -0.2) is 24.0 Å². The molecule has 0 aliphatic rings. The zero-order chi connectivity index (χ0) is 20.1. The van der Waals surface area contributed by atoms with Gasteiger partial charge in [-0.2, -0.15) is 8.42 Å². The number of hydrogen-bond acceptors (Lipinski definition) is 4. The van der Waals surface area contributed by atoms with Gasteiger partial charge in [-0.25, -0.2) is 0 Å². The van der Waals surface area contributed by atoms with Crippen molar-refractivity contribution in [2.75, 3.05) is 5.32 Å². The number of carbonyl (C=O) groups is 1. The van der Waals surface area contributed by atoms with Crippen LogP contribution in [-0.2, 0) is 10.1 Å². The maximum absolute atomic E-state index is 12.7. The van der Waals surface area contributed by atoms with Gasteiger partial charge >= 0.3 is 0 Å². The lowest BCUT2D eigenvalue weighted by Crippen LogP contribution is -2.34. The summed E-state index contributed by atoms with van der Waals surface area (Å²) in [5.74, 6) is -0.369. The average molecular weight is 412 g/mol. The molecule has 0 saturated heterocycles. The van der Waals surface area contributed by atoms with Gasteiger partial charge in [0.2, 0.25) is 0 Å². The molecular weight excluding hydrogens is 396 g/mol. The molecule has 28 heavy (non-hydrogen) atoms. The third-order valence-corrected chi connectivity index (χ3v) is 4.97. The number of anilines is 1. The van der Waals surface area contributed by atoms with Gasteiger partial charge in [-0.05, 0) is 53.7 Å². The number of rotatable bonds is 4. The SMILES string of the molecule is O=C(NC(=S)Nc1ccc(S(=O)(=O)O)cc1)c1ccccc1-c1ccccc1. The highest BCUT2D eigenvalue weighted by Gasteiger charge is 2.14. The van der Waals surface area contributed by atoms with Gasteiger partial charge in [0.15, 0.2) is 5.11 Å². The molecule has 0 aromatic heterocycles. The molecule has 3 rings (SSSR count). The number of nitrogens with one attached hydrogen (secondary N) is 2. The van der Waals surface area contributed by atoms with Crippen LogP contribution in [0.5, 0.6) is 0 Å². The maximum Gasteiger partial charge on any atom is 0.294 e. The highest BCUT2D eigenvalue weighted by atomic mass is 32.2. The Kier molecular flexibility index (Phi) is 5.84. The van der Waals surface area contributed by atoms with Crippen molar-refractivity contribution >= 4 is 39.0 Å². The minimum atomic E-state index is -4.26. The fraction of sp³-hybridized carbons (Fsp3) is 0. The summed E-state index contributed by atoms with van der Waals surface area (Å²) in [7, 11) is -4.26. The molecule has 0 aliphatic carbocycles. The molecule has 0 radical (unpaired) electrons. The van der Waals surface area contributed by atoms with Crippen LogP contribution in [0, 0.1) is 0 Å². The molecule has 0 bridgehead atoms. The fourth-order valence-electron chi connectivity index (χ4n) is 2.59. The molecule has 0 saturated carbocycles. The molecule has 6 nitrogen and oxygen atoms in total. The Bertz CT molecular complexity index is 1110. The van der Waals surface area contributed by atoms with E-state index in [1.807, 2.05) is 42.5 Å². The Morgan fingerprint density at radius 3 is 2.11 bits per heavy atom. The van der Waals surface area contributed by atoms with E-state index < -0.39 is 10.1 Å². The Morgan fingerprint density at radius 2 is 1.46 bits per heavy atom. The smallest absolute Gasteiger partial charge is 0.294 e. The summed E-state index contributed by atoms with van der Waals surface area (Å²) in [6, 6.07) is 22.0. The van der Waals surface area contributed by atoms with E-state index in [0.29, 0.717) is 11.3 Å². The topological polar surface area (TPSA) is 95.5 Å². The number of amides is 1. The number of hydrogen-bond donors (Lipinski definition) is 3. The van der Waals surface area contributed by atoms with Gasteiger partial charge in [0.05, 0.1) is 4.90 Å². The van der Waals surface area contributed by atoms with Crippen molar-refractivity contribution in [2.45, 2.75) is 4.90 Å². The first-order chi connectivity index (χ1) is 13.3. The average Bonchev–Trinajstić information content (AvgIpc) is 2.68. The van der Waals surface area contributed by atoms with Crippen molar-refractivity contribution in [3.63, 3.8) is 0 Å². The zero-order valence-electron chi connectivity index (χ0n) is 14.5. The lowest BCUT2D eigenvalue weighted by molar-refractivity contribution is 0.0978. The highest BCUT2D eigenvalue weighted by molar-refractivity contribution is 7.85. The first-order valence-electron chi connectivity index (χ1n) is 8.19. The molecule has 142 valence electrons. The van der Waals surface area contributed by atoms with Gasteiger partial charge in [-0.15, -0.1) is 0 Å². The molecule has 8 heteroatoms. The van der Waals surface area contributed by atoms with Crippen LogP contribution in [0.2, 0.25) is 0 Å². The number of benzene rings is 3. The molecule has 0 unspecified atom stereocenters. The standard InChI is InChI=1S/C20H16N2O4S2/c23-19(18-9-5-4-8-17(18)14-6-2-1-3-7-14)22-20(27)21-15-10-12-16(13-11-15)28(24,25)26/h1-13H,(H,24,25,26)(H2,21,22,23,27). The molecular formula is C20H16N2O4S2. The minimum Gasteiger partial charge on any atom is -0.332 e. The van der Waals surface area contributed by atoms with Gasteiger partial charge in [-0.1, -0.05) is 48.5 Å². The van der Waals surface area contributed by atoms with Gasteiger partial charge in [0.25, 0.3) is 16.0 Å². The van der Waals surface area contributed by atoms with Gasteiger partial charge in [0, 0.05) is 11.3 Å². The second-order valence-electron chi connectivity index (χ2n) is 5.82. The van der Waals surface area contributed by atoms with Gasteiger partial charge in [-0.3, -0.25) is 14.7 Å². The van der Waals surface area contributed by atoms with Crippen molar-refractivity contribution in [3.05, 3.63) is 84.4 Å². The predicted octanol–water partition coefficient (Wildman–Crippen LogP) is 3.73. The summed E-state index contributed by atoms with van der Waals surface area (Å²) in [4.78, 5) is 12.4. The van der Waals surface area contributed by atoms with Crippen LogP contribution in [0.25, 0.3) is 11.1 Å². The summed E-state index contributed by atoms with van der Waals surface area (Å²) < 4.78 is 31.1. The maximum atomic E-state index is 12.7. The molecule has 0 aliphatic heterocycles. The minimum absolute atomic E-state index is 0.0625. The van der Waals surface area contributed by atoms with Crippen molar-refractivity contribution < 1.29 is 17.8 Å². The van der Waals surface area contributed by atoms with E-state index in [4.69, 9.17) is 16.8 Å². The van der Waals surface area contributed by atoms with Crippen LogP contribution in [0.3, 0.4) is 0 Å². The summed E-state index contributed by atoms with van der Waals surface area (Å²) in [6.07, 6.45) is 0. The molecule has 3 aromatic carbocycles. The van der Waals surface area contributed by atoms with Crippen molar-refractivity contribution in [3.8, 4) is 11.1 Å². The van der Waals surface area contributed by atoms with Crippen molar-refractivity contribution in [1.29, 1.82) is 0 Å². The van der Waals surface area contributed by atoms with E-state index in [9.17, 15) is 13.2 Å². The van der Waals surface area contributed by atoms with E-state index in [0.717, 1.165) is 11.1 Å². The van der Waals surface area contributed by atoms with E-state index in [1.165, 1.54) is 24.3 Å². The van der Waals surface area contributed by atoms with E-state index in [-0.39, 0.29) is 15.9 Å². The number of carbonyl (C=O) groups excluding carboxylic acids is 1. The Labute approximate surface area is 168 Å². The second-order valence-corrected chi connectivity index (χ2v) is 7.65. The molecule has 3 N–H and O–H groups in total. The van der Waals surface area contributed by atoms with Crippen LogP contribution in [0.1, 0.15) is 10.4 Å². The second kappa shape index (κ2) is 8.30. The van der Waals surface area contributed by atoms with Crippen LogP contribution in [0.4, 0.5) is 5.69 Å². The summed E-state index contributed by atoms with van der Waals surface area (Å²) >= 11 is 5.17. The van der Waals surface area contributed by atoms with Gasteiger partial charge < -0.3 is 5.32 Å². The Hall–Kier alpha value is -3.07. The van der Waals surface area contributed by atoms with E-state index in [2.05, 4.69) is 10.6 Å².